The molecule has 3 amide bonds. The van der Waals surface area contributed by atoms with Crippen molar-refractivity contribution in [2.45, 2.75) is 51.9 Å². The van der Waals surface area contributed by atoms with Crippen molar-refractivity contribution in [2.75, 3.05) is 39.3 Å². The standard InChI is InChI=1S/C26H36N4O5/c1-4-34-25(32)22-21(27-26(33)28-23(22)19-8-6-5-7-9-19)16-29-12-10-20(11-13-29)24(31)30-14-17(2)35-18(3)15-30/h5-9,17-18,20,23H,4,10-16H2,1-3H3,(H2,27,28,33). The number of nitrogens with one attached hydrogen (secondary N) is 2. The van der Waals surface area contributed by atoms with E-state index >= 15 is 0 Å². The van der Waals surface area contributed by atoms with Gasteiger partial charge in [-0.3, -0.25) is 9.69 Å². The zero-order valence-corrected chi connectivity index (χ0v) is 20.8. The van der Waals surface area contributed by atoms with Crippen molar-refractivity contribution in [3.8, 4) is 0 Å². The molecular weight excluding hydrogens is 448 g/mol. The zero-order chi connectivity index (χ0) is 24.9. The number of hydrogen-bond acceptors (Lipinski definition) is 6. The smallest absolute Gasteiger partial charge is 0.338 e. The Morgan fingerprint density at radius 3 is 2.37 bits per heavy atom. The van der Waals surface area contributed by atoms with Crippen molar-refractivity contribution < 1.29 is 23.9 Å². The number of carbonyl (C=O) groups is 3. The third kappa shape index (κ3) is 6.02. The molecule has 3 atom stereocenters. The van der Waals surface area contributed by atoms with E-state index in [1.165, 1.54) is 0 Å². The lowest BCUT2D eigenvalue weighted by atomic mass is 9.93. The number of ether oxygens (including phenoxy) is 2. The summed E-state index contributed by atoms with van der Waals surface area (Å²) < 4.78 is 11.1. The van der Waals surface area contributed by atoms with Gasteiger partial charge in [-0.05, 0) is 52.3 Å². The van der Waals surface area contributed by atoms with E-state index in [2.05, 4.69) is 15.5 Å². The first-order valence-corrected chi connectivity index (χ1v) is 12.5. The minimum absolute atomic E-state index is 0.0121. The predicted octanol–water partition coefficient (Wildman–Crippen LogP) is 2.21. The number of likely N-dealkylation sites (tertiary alicyclic amines) is 1. The molecule has 3 unspecified atom stereocenters. The fourth-order valence-corrected chi connectivity index (χ4v) is 5.27. The molecule has 0 bridgehead atoms. The van der Waals surface area contributed by atoms with Gasteiger partial charge in [-0.25, -0.2) is 9.59 Å². The van der Waals surface area contributed by atoms with E-state index in [1.54, 1.807) is 6.92 Å². The Hall–Kier alpha value is -2.91. The van der Waals surface area contributed by atoms with E-state index in [9.17, 15) is 14.4 Å². The zero-order valence-electron chi connectivity index (χ0n) is 20.8. The van der Waals surface area contributed by atoms with Gasteiger partial charge in [0.25, 0.3) is 0 Å². The van der Waals surface area contributed by atoms with E-state index < -0.39 is 12.0 Å². The summed E-state index contributed by atoms with van der Waals surface area (Å²) in [7, 11) is 0. The highest BCUT2D eigenvalue weighted by atomic mass is 16.5. The molecule has 9 nitrogen and oxygen atoms in total. The van der Waals surface area contributed by atoms with Gasteiger partial charge >= 0.3 is 12.0 Å². The van der Waals surface area contributed by atoms with E-state index in [-0.39, 0.29) is 36.7 Å². The van der Waals surface area contributed by atoms with Gasteiger partial charge in [0.05, 0.1) is 30.4 Å². The van der Waals surface area contributed by atoms with E-state index in [4.69, 9.17) is 9.47 Å². The minimum atomic E-state index is -0.580. The van der Waals surface area contributed by atoms with Gasteiger partial charge in [0, 0.05) is 31.2 Å². The monoisotopic (exact) mass is 484 g/mol. The maximum atomic E-state index is 13.1. The van der Waals surface area contributed by atoms with Crippen LogP contribution in [0, 0.1) is 5.92 Å². The first-order valence-electron chi connectivity index (χ1n) is 12.5. The number of piperidine rings is 1. The number of amides is 3. The Bertz CT molecular complexity index is 948. The third-order valence-corrected chi connectivity index (χ3v) is 6.83. The number of carbonyl (C=O) groups excluding carboxylic acids is 3. The molecule has 3 aliphatic rings. The molecular formula is C26H36N4O5. The van der Waals surface area contributed by atoms with Crippen molar-refractivity contribution in [1.82, 2.24) is 20.4 Å². The number of benzene rings is 1. The first kappa shape index (κ1) is 25.2. The van der Waals surface area contributed by atoms with Gasteiger partial charge in [-0.1, -0.05) is 30.3 Å². The topological polar surface area (TPSA) is 100 Å². The fourth-order valence-electron chi connectivity index (χ4n) is 5.27. The summed E-state index contributed by atoms with van der Waals surface area (Å²) in [6, 6.07) is 8.50. The summed E-state index contributed by atoms with van der Waals surface area (Å²) in [4.78, 5) is 42.7. The van der Waals surface area contributed by atoms with Crippen molar-refractivity contribution in [3.63, 3.8) is 0 Å². The maximum absolute atomic E-state index is 13.1. The molecule has 2 N–H and O–H groups in total. The van der Waals surface area contributed by atoms with Crippen molar-refractivity contribution in [3.05, 3.63) is 47.2 Å². The Balaban J connectivity index is 1.46. The van der Waals surface area contributed by atoms with Gasteiger partial charge in [0.2, 0.25) is 5.91 Å². The lowest BCUT2D eigenvalue weighted by Crippen LogP contribution is -2.52. The molecule has 190 valence electrons. The number of nitrogens with zero attached hydrogens (tertiary/aromatic N) is 2. The molecule has 2 saturated heterocycles. The summed E-state index contributed by atoms with van der Waals surface area (Å²) in [5.74, 6) is -0.246. The van der Waals surface area contributed by atoms with Crippen LogP contribution in [-0.4, -0.2) is 79.2 Å². The highest BCUT2D eigenvalue weighted by Gasteiger charge is 2.36. The van der Waals surface area contributed by atoms with Crippen molar-refractivity contribution in [1.29, 1.82) is 0 Å². The van der Waals surface area contributed by atoms with Crippen LogP contribution in [0.2, 0.25) is 0 Å². The van der Waals surface area contributed by atoms with Crippen molar-refractivity contribution in [2.24, 2.45) is 5.92 Å². The first-order chi connectivity index (χ1) is 16.9. The molecule has 0 aromatic heterocycles. The molecule has 35 heavy (non-hydrogen) atoms. The van der Waals surface area contributed by atoms with Crippen LogP contribution in [0.1, 0.15) is 45.2 Å². The summed E-state index contributed by atoms with van der Waals surface area (Å²) in [6.45, 7) is 9.14. The predicted molar refractivity (Wildman–Crippen MR) is 130 cm³/mol. The molecule has 0 aliphatic carbocycles. The Morgan fingerprint density at radius 2 is 1.74 bits per heavy atom. The second-order valence-electron chi connectivity index (χ2n) is 9.61. The quantitative estimate of drug-likeness (QED) is 0.601. The molecule has 3 aliphatic heterocycles. The number of hydrogen-bond donors (Lipinski definition) is 2. The van der Waals surface area contributed by atoms with Crippen LogP contribution in [0.5, 0.6) is 0 Å². The average molecular weight is 485 g/mol. The molecule has 3 heterocycles. The lowest BCUT2D eigenvalue weighted by Gasteiger charge is -2.39. The van der Waals surface area contributed by atoms with E-state index in [1.807, 2.05) is 49.1 Å². The van der Waals surface area contributed by atoms with Crippen LogP contribution in [0.3, 0.4) is 0 Å². The van der Waals surface area contributed by atoms with Crippen LogP contribution in [-0.2, 0) is 19.1 Å². The number of rotatable bonds is 6. The van der Waals surface area contributed by atoms with Crippen LogP contribution in [0.25, 0.3) is 0 Å². The SMILES string of the molecule is CCOC(=O)C1=C(CN2CCC(C(=O)N3CC(C)OC(C)C3)CC2)NC(=O)NC1c1ccccc1. The number of morpholine rings is 1. The Morgan fingerprint density at radius 1 is 1.09 bits per heavy atom. The molecule has 0 saturated carbocycles. The van der Waals surface area contributed by atoms with Gasteiger partial charge in [0.15, 0.2) is 0 Å². The van der Waals surface area contributed by atoms with Crippen LogP contribution in [0.15, 0.2) is 41.6 Å². The van der Waals surface area contributed by atoms with Gasteiger partial charge in [0.1, 0.15) is 0 Å². The van der Waals surface area contributed by atoms with Gasteiger partial charge in [-0.2, -0.15) is 0 Å². The average Bonchev–Trinajstić information content (AvgIpc) is 2.84. The van der Waals surface area contributed by atoms with Gasteiger partial charge in [-0.15, -0.1) is 0 Å². The molecule has 9 heteroatoms. The van der Waals surface area contributed by atoms with Crippen LogP contribution in [0.4, 0.5) is 4.79 Å². The normalized spacial score (nSPS) is 26.2. The summed E-state index contributed by atoms with van der Waals surface area (Å²) in [5.41, 5.74) is 1.80. The molecule has 4 rings (SSSR count). The summed E-state index contributed by atoms with van der Waals surface area (Å²) in [6.07, 6.45) is 1.60. The van der Waals surface area contributed by atoms with E-state index in [0.29, 0.717) is 44.0 Å². The molecule has 2 fully saturated rings. The Labute approximate surface area is 206 Å². The minimum Gasteiger partial charge on any atom is -0.463 e. The molecule has 0 spiro atoms. The molecule has 1 aromatic carbocycles. The highest BCUT2D eigenvalue weighted by Crippen LogP contribution is 2.29. The van der Waals surface area contributed by atoms with Crippen LogP contribution >= 0.6 is 0 Å². The summed E-state index contributed by atoms with van der Waals surface area (Å²) in [5, 5.41) is 5.71. The third-order valence-electron chi connectivity index (χ3n) is 6.83. The summed E-state index contributed by atoms with van der Waals surface area (Å²) >= 11 is 0. The lowest BCUT2D eigenvalue weighted by molar-refractivity contribution is -0.148. The second kappa shape index (κ2) is 11.2. The fraction of sp³-hybridized carbons (Fsp3) is 0.577. The van der Waals surface area contributed by atoms with Crippen molar-refractivity contribution >= 4 is 17.9 Å². The molecule has 1 aromatic rings. The highest BCUT2D eigenvalue weighted by molar-refractivity contribution is 5.95. The van der Waals surface area contributed by atoms with E-state index in [0.717, 1.165) is 18.4 Å². The maximum Gasteiger partial charge on any atom is 0.338 e. The largest absolute Gasteiger partial charge is 0.463 e. The number of urea groups is 1. The second-order valence-corrected chi connectivity index (χ2v) is 9.61. The number of esters is 1. The molecule has 0 radical (unpaired) electrons. The van der Waals surface area contributed by atoms with Crippen LogP contribution < -0.4 is 10.6 Å². The Kier molecular flexibility index (Phi) is 8.07. The van der Waals surface area contributed by atoms with Gasteiger partial charge < -0.3 is 25.0 Å².